The minimum absolute atomic E-state index is 0.751. The van der Waals surface area contributed by atoms with Crippen molar-refractivity contribution in [2.24, 2.45) is 7.05 Å². The summed E-state index contributed by atoms with van der Waals surface area (Å²) in [6, 6.07) is 14.2. The molecule has 0 spiro atoms. The van der Waals surface area contributed by atoms with Gasteiger partial charge in [0.1, 0.15) is 11.6 Å². The molecule has 0 unspecified atom stereocenters. The molecule has 2 heterocycles. The van der Waals surface area contributed by atoms with Crippen LogP contribution < -0.4 is 5.32 Å². The maximum Gasteiger partial charge on any atom is 0.142 e. The van der Waals surface area contributed by atoms with Crippen molar-refractivity contribution in [3.63, 3.8) is 0 Å². The van der Waals surface area contributed by atoms with Crippen molar-refractivity contribution in [1.82, 2.24) is 19.7 Å². The van der Waals surface area contributed by atoms with E-state index in [-0.39, 0.29) is 0 Å². The normalized spacial score (nSPS) is 11.3. The van der Waals surface area contributed by atoms with Crippen molar-refractivity contribution in [3.05, 3.63) is 54.0 Å². The molecule has 0 fully saturated rings. The molecule has 0 bridgehead atoms. The summed E-state index contributed by atoms with van der Waals surface area (Å²) in [5.41, 5.74) is 4.05. The molecule has 1 N–H and O–H groups in total. The number of nitrogens with one attached hydrogen (secondary N) is 1. The lowest BCUT2D eigenvalue weighted by atomic mass is 10.2. The van der Waals surface area contributed by atoms with E-state index in [1.807, 2.05) is 42.9 Å². The third-order valence-electron chi connectivity index (χ3n) is 4.11. The van der Waals surface area contributed by atoms with Crippen LogP contribution in [0.5, 0.6) is 0 Å². The SMILES string of the molecule is Cc1nc(Nc2ccc3c(C)n(C)nc3c2)c2ccccc2n1. The Balaban J connectivity index is 1.81. The molecule has 0 atom stereocenters. The predicted molar refractivity (Wildman–Crippen MR) is 93.0 cm³/mol. The number of fused-ring (bicyclic) bond motifs is 2. The van der Waals surface area contributed by atoms with E-state index < -0.39 is 0 Å². The topological polar surface area (TPSA) is 55.6 Å². The Kier molecular flexibility index (Phi) is 3.01. The van der Waals surface area contributed by atoms with Gasteiger partial charge in [-0.25, -0.2) is 9.97 Å². The van der Waals surface area contributed by atoms with Crippen LogP contribution >= 0.6 is 0 Å². The quantitative estimate of drug-likeness (QED) is 0.610. The van der Waals surface area contributed by atoms with Gasteiger partial charge in [0.2, 0.25) is 0 Å². The van der Waals surface area contributed by atoms with Gasteiger partial charge in [0.25, 0.3) is 0 Å². The summed E-state index contributed by atoms with van der Waals surface area (Å²) in [5, 5.41) is 10.1. The Morgan fingerprint density at radius 2 is 1.74 bits per heavy atom. The molecule has 4 aromatic rings. The lowest BCUT2D eigenvalue weighted by Gasteiger charge is -2.09. The second kappa shape index (κ2) is 5.05. The molecular weight excluding hydrogens is 286 g/mol. The molecule has 23 heavy (non-hydrogen) atoms. The van der Waals surface area contributed by atoms with E-state index in [0.717, 1.165) is 39.4 Å². The van der Waals surface area contributed by atoms with Crippen LogP contribution in [-0.4, -0.2) is 19.7 Å². The smallest absolute Gasteiger partial charge is 0.142 e. The molecule has 0 saturated heterocycles. The van der Waals surface area contributed by atoms with Gasteiger partial charge in [0.05, 0.1) is 11.0 Å². The molecular formula is C18H17N5. The van der Waals surface area contributed by atoms with Crippen molar-refractivity contribution >= 4 is 33.3 Å². The first-order valence-corrected chi connectivity index (χ1v) is 7.55. The zero-order valence-corrected chi connectivity index (χ0v) is 13.3. The monoisotopic (exact) mass is 303 g/mol. The summed E-state index contributed by atoms with van der Waals surface area (Å²) >= 11 is 0. The highest BCUT2D eigenvalue weighted by atomic mass is 15.3. The van der Waals surface area contributed by atoms with Crippen molar-refractivity contribution in [3.8, 4) is 0 Å². The molecule has 5 nitrogen and oxygen atoms in total. The van der Waals surface area contributed by atoms with Gasteiger partial charge in [-0.2, -0.15) is 5.10 Å². The van der Waals surface area contributed by atoms with Crippen molar-refractivity contribution in [2.75, 3.05) is 5.32 Å². The summed E-state index contributed by atoms with van der Waals surface area (Å²) in [6.45, 7) is 3.98. The van der Waals surface area contributed by atoms with Gasteiger partial charge in [0, 0.05) is 29.2 Å². The van der Waals surface area contributed by atoms with Crippen LogP contribution in [0.1, 0.15) is 11.5 Å². The molecule has 2 aromatic carbocycles. The van der Waals surface area contributed by atoms with Crippen molar-refractivity contribution in [2.45, 2.75) is 13.8 Å². The van der Waals surface area contributed by atoms with Gasteiger partial charge in [-0.15, -0.1) is 0 Å². The number of hydrogen-bond donors (Lipinski definition) is 1. The van der Waals surface area contributed by atoms with E-state index in [1.54, 1.807) is 0 Å². The number of hydrogen-bond acceptors (Lipinski definition) is 4. The summed E-state index contributed by atoms with van der Waals surface area (Å²) in [7, 11) is 1.96. The molecule has 0 radical (unpaired) electrons. The van der Waals surface area contributed by atoms with Crippen LogP contribution in [0.4, 0.5) is 11.5 Å². The molecule has 0 aliphatic heterocycles. The van der Waals surface area contributed by atoms with Crippen LogP contribution in [0, 0.1) is 13.8 Å². The van der Waals surface area contributed by atoms with Gasteiger partial charge in [0.15, 0.2) is 0 Å². The van der Waals surface area contributed by atoms with Gasteiger partial charge >= 0.3 is 0 Å². The second-order valence-corrected chi connectivity index (χ2v) is 5.70. The molecule has 0 aliphatic rings. The third kappa shape index (κ3) is 2.30. The van der Waals surface area contributed by atoms with Crippen LogP contribution in [0.25, 0.3) is 21.8 Å². The van der Waals surface area contributed by atoms with Gasteiger partial charge in [-0.3, -0.25) is 4.68 Å². The predicted octanol–water partition coefficient (Wildman–Crippen LogP) is 3.88. The first kappa shape index (κ1) is 13.7. The van der Waals surface area contributed by atoms with E-state index in [4.69, 9.17) is 0 Å². The van der Waals surface area contributed by atoms with E-state index in [9.17, 15) is 0 Å². The Hall–Kier alpha value is -2.95. The minimum atomic E-state index is 0.751. The van der Waals surface area contributed by atoms with Crippen molar-refractivity contribution in [1.29, 1.82) is 0 Å². The standard InChI is InChI=1S/C18H17N5/c1-11-14-9-8-13(10-17(14)22-23(11)3)21-18-15-6-4-5-7-16(15)19-12(2)20-18/h4-10H,1-3H3,(H,19,20,21). The number of benzene rings is 2. The molecule has 5 heteroatoms. The first-order chi connectivity index (χ1) is 11.1. The zero-order valence-electron chi connectivity index (χ0n) is 13.3. The molecule has 0 amide bonds. The van der Waals surface area contributed by atoms with E-state index in [1.165, 1.54) is 5.39 Å². The first-order valence-electron chi connectivity index (χ1n) is 7.55. The number of nitrogens with zero attached hydrogens (tertiary/aromatic N) is 4. The van der Waals surface area contributed by atoms with Gasteiger partial charge in [-0.05, 0) is 44.2 Å². The van der Waals surface area contributed by atoms with E-state index >= 15 is 0 Å². The molecule has 0 saturated carbocycles. The Bertz CT molecular complexity index is 1030. The fourth-order valence-corrected chi connectivity index (χ4v) is 2.83. The fourth-order valence-electron chi connectivity index (χ4n) is 2.83. The Labute approximate surface area is 134 Å². The van der Waals surface area contributed by atoms with E-state index in [0.29, 0.717) is 0 Å². The van der Waals surface area contributed by atoms with Crippen LogP contribution in [0.15, 0.2) is 42.5 Å². The summed E-state index contributed by atoms with van der Waals surface area (Å²) in [4.78, 5) is 9.03. The molecule has 114 valence electrons. The highest BCUT2D eigenvalue weighted by Gasteiger charge is 2.08. The Morgan fingerprint density at radius 3 is 2.61 bits per heavy atom. The zero-order chi connectivity index (χ0) is 16.0. The Morgan fingerprint density at radius 1 is 0.913 bits per heavy atom. The van der Waals surface area contributed by atoms with Gasteiger partial charge in [-0.1, -0.05) is 12.1 Å². The van der Waals surface area contributed by atoms with E-state index in [2.05, 4.69) is 45.5 Å². The number of rotatable bonds is 2. The fraction of sp³-hybridized carbons (Fsp3) is 0.167. The molecule has 4 rings (SSSR count). The highest BCUT2D eigenvalue weighted by molar-refractivity contribution is 5.92. The summed E-state index contributed by atoms with van der Waals surface area (Å²) in [6.07, 6.45) is 0. The number of aromatic nitrogens is 4. The van der Waals surface area contributed by atoms with Gasteiger partial charge < -0.3 is 5.32 Å². The lowest BCUT2D eigenvalue weighted by molar-refractivity contribution is 0.751. The largest absolute Gasteiger partial charge is 0.340 e. The number of aryl methyl sites for hydroxylation is 3. The summed E-state index contributed by atoms with van der Waals surface area (Å²) < 4.78 is 1.90. The minimum Gasteiger partial charge on any atom is -0.340 e. The number of para-hydroxylation sites is 1. The van der Waals surface area contributed by atoms with Crippen molar-refractivity contribution < 1.29 is 0 Å². The average molecular weight is 303 g/mol. The number of anilines is 2. The maximum atomic E-state index is 4.55. The lowest BCUT2D eigenvalue weighted by Crippen LogP contribution is -1.98. The third-order valence-corrected chi connectivity index (χ3v) is 4.11. The molecule has 2 aromatic heterocycles. The van der Waals surface area contributed by atoms with Crippen LogP contribution in [-0.2, 0) is 7.05 Å². The maximum absolute atomic E-state index is 4.55. The van der Waals surface area contributed by atoms with Crippen LogP contribution in [0.3, 0.4) is 0 Å². The molecule has 0 aliphatic carbocycles. The highest BCUT2D eigenvalue weighted by Crippen LogP contribution is 2.26. The van der Waals surface area contributed by atoms with Crippen LogP contribution in [0.2, 0.25) is 0 Å². The average Bonchev–Trinajstić information content (AvgIpc) is 2.81. The second-order valence-electron chi connectivity index (χ2n) is 5.70. The summed E-state index contributed by atoms with van der Waals surface area (Å²) in [5.74, 6) is 1.57.